The summed E-state index contributed by atoms with van der Waals surface area (Å²) in [6.45, 7) is 5.33. The first-order valence-corrected chi connectivity index (χ1v) is 2.51. The second kappa shape index (κ2) is 1.19. The van der Waals surface area contributed by atoms with Gasteiger partial charge in [0, 0.05) is 13.1 Å². The summed E-state index contributed by atoms with van der Waals surface area (Å²) >= 11 is 0. The van der Waals surface area contributed by atoms with Gasteiger partial charge in [0.1, 0.15) is 0 Å². The molecule has 1 rings (SSSR count). The Labute approximate surface area is 43.1 Å². The number of hydrogen-bond donors (Lipinski definition) is 0. The van der Waals surface area contributed by atoms with Crippen molar-refractivity contribution >= 4 is 0 Å². The molecule has 0 unspecified atom stereocenters. The minimum atomic E-state index is 0.245. The van der Waals surface area contributed by atoms with Crippen LogP contribution in [0.1, 0.15) is 13.8 Å². The number of halogens is 1. The molecule has 0 spiro atoms. The largest absolute Gasteiger partial charge is 0.145 e. The van der Waals surface area contributed by atoms with Crippen molar-refractivity contribution in [1.82, 2.24) is 5.12 Å². The molecule has 0 bridgehead atoms. The maximum absolute atomic E-state index is 11.8. The molecule has 1 nitrogen and oxygen atoms in total. The van der Waals surface area contributed by atoms with Crippen LogP contribution in [0.3, 0.4) is 0 Å². The summed E-state index contributed by atoms with van der Waals surface area (Å²) in [5.41, 5.74) is 0.245. The van der Waals surface area contributed by atoms with E-state index in [2.05, 4.69) is 13.8 Å². The fourth-order valence-electron chi connectivity index (χ4n) is 0.883. The molecule has 0 amide bonds. The van der Waals surface area contributed by atoms with Crippen LogP contribution in [0.5, 0.6) is 0 Å². The van der Waals surface area contributed by atoms with Crippen molar-refractivity contribution in [2.45, 2.75) is 13.8 Å². The summed E-state index contributed by atoms with van der Waals surface area (Å²) in [6, 6.07) is 0. The summed E-state index contributed by atoms with van der Waals surface area (Å²) in [7, 11) is 0. The minimum absolute atomic E-state index is 0.245. The lowest BCUT2D eigenvalue weighted by Gasteiger charge is -2.39. The van der Waals surface area contributed by atoms with E-state index in [1.54, 1.807) is 0 Å². The third-order valence-electron chi connectivity index (χ3n) is 1.20. The van der Waals surface area contributed by atoms with Gasteiger partial charge in [-0.1, -0.05) is 13.8 Å². The van der Waals surface area contributed by atoms with Gasteiger partial charge < -0.3 is 0 Å². The van der Waals surface area contributed by atoms with Crippen LogP contribution in [0.2, 0.25) is 0 Å². The Hall–Kier alpha value is -0.110. The highest BCUT2D eigenvalue weighted by molar-refractivity contribution is 4.82. The van der Waals surface area contributed by atoms with Crippen LogP contribution >= 0.6 is 0 Å². The number of nitrogens with zero attached hydrogens (tertiary/aromatic N) is 1. The van der Waals surface area contributed by atoms with Crippen LogP contribution < -0.4 is 0 Å². The minimum Gasteiger partial charge on any atom is -0.145 e. The van der Waals surface area contributed by atoms with Gasteiger partial charge in [0.25, 0.3) is 0 Å². The third kappa shape index (κ3) is 0.911. The summed E-state index contributed by atoms with van der Waals surface area (Å²) in [6.07, 6.45) is 0. The molecule has 0 aromatic carbocycles. The molecule has 1 heterocycles. The van der Waals surface area contributed by atoms with E-state index in [4.69, 9.17) is 0 Å². The molecule has 1 saturated heterocycles. The summed E-state index contributed by atoms with van der Waals surface area (Å²) in [4.78, 5) is 0. The van der Waals surface area contributed by atoms with Crippen molar-refractivity contribution < 1.29 is 4.48 Å². The normalized spacial score (nSPS) is 29.6. The maximum atomic E-state index is 11.8. The summed E-state index contributed by atoms with van der Waals surface area (Å²) in [5, 5.41) is 0.833. The van der Waals surface area contributed by atoms with Gasteiger partial charge in [-0.25, -0.2) is 0 Å². The topological polar surface area (TPSA) is 3.24 Å². The van der Waals surface area contributed by atoms with E-state index in [0.717, 1.165) is 5.12 Å². The van der Waals surface area contributed by atoms with Gasteiger partial charge in [-0.05, 0) is 5.41 Å². The lowest BCUT2D eigenvalue weighted by atomic mass is 9.87. The van der Waals surface area contributed by atoms with Gasteiger partial charge in [0.2, 0.25) is 0 Å². The van der Waals surface area contributed by atoms with Crippen LogP contribution in [0.15, 0.2) is 0 Å². The molecule has 0 N–H and O–H groups in total. The molecule has 0 saturated carbocycles. The van der Waals surface area contributed by atoms with Gasteiger partial charge in [-0.3, -0.25) is 0 Å². The van der Waals surface area contributed by atoms with Gasteiger partial charge >= 0.3 is 0 Å². The first kappa shape index (κ1) is 5.04. The highest BCUT2D eigenvalue weighted by Gasteiger charge is 2.34. The molecule has 1 fully saturated rings. The number of rotatable bonds is 0. The van der Waals surface area contributed by atoms with E-state index in [1.807, 2.05) is 0 Å². The average Bonchev–Trinajstić information content (AvgIpc) is 1.27. The third-order valence-corrected chi connectivity index (χ3v) is 1.20. The van der Waals surface area contributed by atoms with E-state index in [-0.39, 0.29) is 5.41 Å². The molecule has 1 aliphatic heterocycles. The van der Waals surface area contributed by atoms with E-state index < -0.39 is 0 Å². The van der Waals surface area contributed by atoms with Crippen LogP contribution in [0, 0.1) is 5.41 Å². The first-order chi connectivity index (χ1) is 3.10. The smallest absolute Gasteiger partial charge is 0.0355 e. The molecule has 0 aromatic heterocycles. The average molecular weight is 103 g/mol. The molecular weight excluding hydrogens is 93.1 g/mol. The van der Waals surface area contributed by atoms with Crippen molar-refractivity contribution in [2.24, 2.45) is 5.41 Å². The first-order valence-electron chi connectivity index (χ1n) is 2.51. The molecule has 0 radical (unpaired) electrons. The molecule has 42 valence electrons. The van der Waals surface area contributed by atoms with Crippen LogP contribution in [0.4, 0.5) is 4.48 Å². The summed E-state index contributed by atoms with van der Waals surface area (Å²) in [5.74, 6) is 0. The Kier molecular flexibility index (Phi) is 0.854. The maximum Gasteiger partial charge on any atom is 0.0355 e. The lowest BCUT2D eigenvalue weighted by Crippen LogP contribution is -2.47. The Bertz CT molecular complexity index is 72.1. The van der Waals surface area contributed by atoms with E-state index in [9.17, 15) is 4.48 Å². The Morgan fingerprint density at radius 1 is 1.43 bits per heavy atom. The fraction of sp³-hybridized carbons (Fsp3) is 1.00. The quantitative estimate of drug-likeness (QED) is 0.416. The van der Waals surface area contributed by atoms with Gasteiger partial charge in [-0.2, -0.15) is 0 Å². The molecule has 0 aliphatic carbocycles. The predicted octanol–water partition coefficient (Wildman–Crippen LogP) is 1.21. The summed E-state index contributed by atoms with van der Waals surface area (Å²) < 4.78 is 11.8. The molecular formula is C5H10FN. The standard InChI is InChI=1S/C5H10FN/c1-5(2)3-7(6)4-5/h3-4H2,1-2H3. The Balaban J connectivity index is 2.29. The zero-order chi connectivity index (χ0) is 5.49. The second-order valence-corrected chi connectivity index (χ2v) is 2.94. The molecule has 2 heteroatoms. The van der Waals surface area contributed by atoms with E-state index >= 15 is 0 Å². The highest BCUT2D eigenvalue weighted by atomic mass is 19.2. The Morgan fingerprint density at radius 3 is 1.86 bits per heavy atom. The SMILES string of the molecule is CC1(C)CN(F)C1. The molecule has 7 heavy (non-hydrogen) atoms. The van der Waals surface area contributed by atoms with Gasteiger partial charge in [0.15, 0.2) is 0 Å². The fourth-order valence-corrected chi connectivity index (χ4v) is 0.883. The van der Waals surface area contributed by atoms with Crippen molar-refractivity contribution in [3.05, 3.63) is 0 Å². The van der Waals surface area contributed by atoms with Crippen LogP contribution in [-0.2, 0) is 0 Å². The van der Waals surface area contributed by atoms with Gasteiger partial charge in [0.05, 0.1) is 0 Å². The van der Waals surface area contributed by atoms with Crippen LogP contribution in [-0.4, -0.2) is 18.2 Å². The van der Waals surface area contributed by atoms with E-state index in [1.165, 1.54) is 0 Å². The van der Waals surface area contributed by atoms with Crippen molar-refractivity contribution in [3.63, 3.8) is 0 Å². The van der Waals surface area contributed by atoms with Crippen molar-refractivity contribution in [3.8, 4) is 0 Å². The number of hydrogen-bond acceptors (Lipinski definition) is 1. The van der Waals surface area contributed by atoms with Crippen molar-refractivity contribution in [2.75, 3.05) is 13.1 Å². The van der Waals surface area contributed by atoms with Gasteiger partial charge in [-0.15, -0.1) is 9.60 Å². The second-order valence-electron chi connectivity index (χ2n) is 2.94. The van der Waals surface area contributed by atoms with Crippen molar-refractivity contribution in [1.29, 1.82) is 0 Å². The molecule has 0 atom stereocenters. The predicted molar refractivity (Wildman–Crippen MR) is 26.5 cm³/mol. The molecule has 1 aliphatic rings. The van der Waals surface area contributed by atoms with E-state index in [0.29, 0.717) is 13.1 Å². The lowest BCUT2D eigenvalue weighted by molar-refractivity contribution is -0.117. The highest BCUT2D eigenvalue weighted by Crippen LogP contribution is 2.28. The van der Waals surface area contributed by atoms with Crippen LogP contribution in [0.25, 0.3) is 0 Å². The zero-order valence-corrected chi connectivity index (χ0v) is 4.74. The Morgan fingerprint density at radius 2 is 1.86 bits per heavy atom. The molecule has 0 aromatic rings. The monoisotopic (exact) mass is 103 g/mol. The zero-order valence-electron chi connectivity index (χ0n) is 4.74.